The summed E-state index contributed by atoms with van der Waals surface area (Å²) < 4.78 is 0. The maximum atomic E-state index is 2.20. The van der Waals surface area contributed by atoms with E-state index in [4.69, 9.17) is 0 Å². The zero-order valence-corrected chi connectivity index (χ0v) is 6.40. The molecule has 2 rings (SSSR count). The molecule has 0 aromatic heterocycles. The van der Waals surface area contributed by atoms with Gasteiger partial charge in [-0.2, -0.15) is 0 Å². The second-order valence-corrected chi connectivity index (χ2v) is 2.72. The molecule has 0 aromatic rings. The molecular formula is C10H11N. The van der Waals surface area contributed by atoms with E-state index in [9.17, 15) is 0 Å². The van der Waals surface area contributed by atoms with E-state index in [-0.39, 0.29) is 0 Å². The fraction of sp³-hybridized carbons (Fsp3) is 0.200. The summed E-state index contributed by atoms with van der Waals surface area (Å²) in [6.45, 7) is 0. The molecule has 11 heavy (non-hydrogen) atoms. The SMILES string of the molecule is C1=CC=C2CCC=CN2C=C1. The van der Waals surface area contributed by atoms with Crippen molar-refractivity contribution in [2.75, 3.05) is 0 Å². The molecule has 0 atom stereocenters. The molecule has 0 aromatic carbocycles. The summed E-state index contributed by atoms with van der Waals surface area (Å²) >= 11 is 0. The van der Waals surface area contributed by atoms with Gasteiger partial charge in [-0.15, -0.1) is 0 Å². The van der Waals surface area contributed by atoms with Gasteiger partial charge < -0.3 is 4.90 Å². The van der Waals surface area contributed by atoms with E-state index >= 15 is 0 Å². The molecule has 0 radical (unpaired) electrons. The highest BCUT2D eigenvalue weighted by atomic mass is 15.1. The van der Waals surface area contributed by atoms with E-state index in [0.717, 1.165) is 6.42 Å². The molecule has 0 amide bonds. The predicted octanol–water partition coefficient (Wildman–Crippen LogP) is 2.56. The van der Waals surface area contributed by atoms with Gasteiger partial charge in [-0.05, 0) is 25.0 Å². The van der Waals surface area contributed by atoms with Crippen LogP contribution in [0, 0.1) is 0 Å². The Labute approximate surface area is 67.0 Å². The smallest absolute Gasteiger partial charge is 0.0223 e. The highest BCUT2D eigenvalue weighted by Gasteiger charge is 2.06. The van der Waals surface area contributed by atoms with Crippen molar-refractivity contribution >= 4 is 0 Å². The highest BCUT2D eigenvalue weighted by molar-refractivity contribution is 5.25. The quantitative estimate of drug-likeness (QED) is 0.506. The van der Waals surface area contributed by atoms with Crippen LogP contribution in [0.2, 0.25) is 0 Å². The van der Waals surface area contributed by atoms with E-state index in [1.807, 2.05) is 0 Å². The van der Waals surface area contributed by atoms with Crippen molar-refractivity contribution in [2.45, 2.75) is 12.8 Å². The summed E-state index contributed by atoms with van der Waals surface area (Å²) in [5.74, 6) is 0. The van der Waals surface area contributed by atoms with Crippen molar-refractivity contribution in [3.63, 3.8) is 0 Å². The van der Waals surface area contributed by atoms with Crippen LogP contribution < -0.4 is 0 Å². The third-order valence-electron chi connectivity index (χ3n) is 1.92. The minimum atomic E-state index is 1.16. The highest BCUT2D eigenvalue weighted by Crippen LogP contribution is 2.19. The molecule has 0 unspecified atom stereocenters. The van der Waals surface area contributed by atoms with Crippen LogP contribution in [0.25, 0.3) is 0 Å². The van der Waals surface area contributed by atoms with Gasteiger partial charge in [-0.3, -0.25) is 0 Å². The Bertz CT molecular complexity index is 256. The normalized spacial score (nSPS) is 21.1. The molecule has 0 fully saturated rings. The first kappa shape index (κ1) is 6.47. The number of hydrogen-bond donors (Lipinski definition) is 0. The van der Waals surface area contributed by atoms with Gasteiger partial charge >= 0.3 is 0 Å². The van der Waals surface area contributed by atoms with Gasteiger partial charge in [0, 0.05) is 18.1 Å². The molecule has 0 bridgehead atoms. The maximum Gasteiger partial charge on any atom is 0.0223 e. The van der Waals surface area contributed by atoms with E-state index < -0.39 is 0 Å². The third kappa shape index (κ3) is 1.27. The molecule has 56 valence electrons. The Morgan fingerprint density at radius 2 is 2.09 bits per heavy atom. The van der Waals surface area contributed by atoms with Crippen LogP contribution in [0.15, 0.2) is 48.5 Å². The van der Waals surface area contributed by atoms with Crippen LogP contribution in [0.3, 0.4) is 0 Å². The molecule has 0 saturated carbocycles. The van der Waals surface area contributed by atoms with Gasteiger partial charge in [0.15, 0.2) is 0 Å². The fourth-order valence-electron chi connectivity index (χ4n) is 1.33. The largest absolute Gasteiger partial charge is 0.328 e. The van der Waals surface area contributed by atoms with E-state index in [0.29, 0.717) is 0 Å². The molecule has 0 N–H and O–H groups in total. The van der Waals surface area contributed by atoms with Crippen LogP contribution in [-0.4, -0.2) is 4.90 Å². The summed E-state index contributed by atoms with van der Waals surface area (Å²) in [5, 5.41) is 0. The minimum Gasteiger partial charge on any atom is -0.328 e. The number of nitrogens with zero attached hydrogens (tertiary/aromatic N) is 1. The lowest BCUT2D eigenvalue weighted by atomic mass is 10.1. The van der Waals surface area contributed by atoms with Crippen LogP contribution in [-0.2, 0) is 0 Å². The molecule has 1 heteroatoms. The summed E-state index contributed by atoms with van der Waals surface area (Å²) in [7, 11) is 0. The molecule has 2 heterocycles. The number of fused-ring (bicyclic) bond motifs is 1. The lowest BCUT2D eigenvalue weighted by Crippen LogP contribution is -2.11. The molecule has 2 aliphatic rings. The zero-order chi connectivity index (χ0) is 7.52. The summed E-state index contributed by atoms with van der Waals surface area (Å²) in [4.78, 5) is 2.17. The van der Waals surface area contributed by atoms with E-state index in [1.165, 1.54) is 12.1 Å². The summed E-state index contributed by atoms with van der Waals surface area (Å²) in [6.07, 6.45) is 17.1. The van der Waals surface area contributed by atoms with Crippen molar-refractivity contribution in [2.24, 2.45) is 0 Å². The van der Waals surface area contributed by atoms with E-state index in [1.54, 1.807) is 0 Å². The average molecular weight is 145 g/mol. The molecule has 2 aliphatic heterocycles. The van der Waals surface area contributed by atoms with Crippen LogP contribution >= 0.6 is 0 Å². The Balaban J connectivity index is 2.32. The fourth-order valence-corrected chi connectivity index (χ4v) is 1.33. The molecule has 0 saturated heterocycles. The molecule has 0 spiro atoms. The molecule has 0 aliphatic carbocycles. The minimum absolute atomic E-state index is 1.16. The summed E-state index contributed by atoms with van der Waals surface area (Å²) in [5.41, 5.74) is 1.39. The van der Waals surface area contributed by atoms with Gasteiger partial charge in [0.1, 0.15) is 0 Å². The van der Waals surface area contributed by atoms with Crippen molar-refractivity contribution in [1.29, 1.82) is 0 Å². The standard InChI is InChI=1S/C10H11N/c1-2-6-10-7-3-5-9-11(10)8-4-1/h1-2,4-6,8-9H,3,7H2. The van der Waals surface area contributed by atoms with Crippen LogP contribution in [0.5, 0.6) is 0 Å². The van der Waals surface area contributed by atoms with Crippen LogP contribution in [0.4, 0.5) is 0 Å². The topological polar surface area (TPSA) is 3.24 Å². The third-order valence-corrected chi connectivity index (χ3v) is 1.92. The zero-order valence-electron chi connectivity index (χ0n) is 6.40. The lowest BCUT2D eigenvalue weighted by molar-refractivity contribution is 0.566. The van der Waals surface area contributed by atoms with Gasteiger partial charge in [-0.1, -0.05) is 18.2 Å². The molecule has 1 nitrogen and oxygen atoms in total. The first-order valence-corrected chi connectivity index (χ1v) is 3.96. The lowest BCUT2D eigenvalue weighted by Gasteiger charge is -2.21. The van der Waals surface area contributed by atoms with Gasteiger partial charge in [-0.25, -0.2) is 0 Å². The number of rotatable bonds is 0. The van der Waals surface area contributed by atoms with Gasteiger partial charge in [0.25, 0.3) is 0 Å². The van der Waals surface area contributed by atoms with Crippen molar-refractivity contribution < 1.29 is 0 Å². The van der Waals surface area contributed by atoms with Gasteiger partial charge in [0.05, 0.1) is 0 Å². The predicted molar refractivity (Wildman–Crippen MR) is 46.6 cm³/mol. The molecular weight excluding hydrogens is 134 g/mol. The maximum absolute atomic E-state index is 2.20. The Hall–Kier alpha value is -1.24. The van der Waals surface area contributed by atoms with Gasteiger partial charge in [0.2, 0.25) is 0 Å². The van der Waals surface area contributed by atoms with E-state index in [2.05, 4.69) is 47.7 Å². The first-order valence-electron chi connectivity index (χ1n) is 3.96. The number of allylic oxidation sites excluding steroid dienone is 6. The first-order chi connectivity index (χ1) is 5.47. The summed E-state index contributed by atoms with van der Waals surface area (Å²) in [6, 6.07) is 0. The number of hydrogen-bond acceptors (Lipinski definition) is 1. The van der Waals surface area contributed by atoms with Crippen LogP contribution in [0.1, 0.15) is 12.8 Å². The second kappa shape index (κ2) is 2.79. The Morgan fingerprint density at radius 1 is 1.09 bits per heavy atom. The van der Waals surface area contributed by atoms with Crippen molar-refractivity contribution in [3.05, 3.63) is 48.5 Å². The average Bonchev–Trinajstić information content (AvgIpc) is 2.28. The second-order valence-electron chi connectivity index (χ2n) is 2.72. The Morgan fingerprint density at radius 3 is 3.09 bits per heavy atom. The van der Waals surface area contributed by atoms with Crippen molar-refractivity contribution in [3.8, 4) is 0 Å². The monoisotopic (exact) mass is 145 g/mol. The Kier molecular flexibility index (Phi) is 1.64. The van der Waals surface area contributed by atoms with Crippen molar-refractivity contribution in [1.82, 2.24) is 4.90 Å².